The molecule has 6 heteroatoms. The summed E-state index contributed by atoms with van der Waals surface area (Å²) in [6, 6.07) is 2.38. The number of hydrogen-bond donors (Lipinski definition) is 1. The first-order valence-corrected chi connectivity index (χ1v) is 6.90. The van der Waals surface area contributed by atoms with Crippen molar-refractivity contribution in [1.82, 2.24) is 9.88 Å². The normalized spacial score (nSPS) is 20.9. The molecule has 1 aliphatic heterocycles. The van der Waals surface area contributed by atoms with E-state index in [0.29, 0.717) is 18.0 Å². The largest absolute Gasteiger partial charge is 0.481 e. The number of carbonyl (C=O) groups excluding carboxylic acids is 1. The van der Waals surface area contributed by atoms with Crippen LogP contribution in [0.1, 0.15) is 37.0 Å². The predicted octanol–water partition coefficient (Wildman–Crippen LogP) is 1.81. The maximum Gasteiger partial charge on any atom is 0.326 e. The van der Waals surface area contributed by atoms with E-state index in [2.05, 4.69) is 4.98 Å². The van der Waals surface area contributed by atoms with Gasteiger partial charge in [-0.05, 0) is 24.3 Å². The fourth-order valence-electron chi connectivity index (χ4n) is 2.87. The Hall–Kier alpha value is -2.11. The molecule has 1 aliphatic rings. The first-order chi connectivity index (χ1) is 9.86. The van der Waals surface area contributed by atoms with Gasteiger partial charge in [0.2, 0.25) is 5.88 Å². The summed E-state index contributed by atoms with van der Waals surface area (Å²) >= 11 is 0. The number of piperidine rings is 1. The molecule has 1 N–H and O–H groups in total. The number of aromatic nitrogens is 1. The van der Waals surface area contributed by atoms with Crippen LogP contribution < -0.4 is 4.74 Å². The lowest BCUT2D eigenvalue weighted by molar-refractivity contribution is -0.148. The third-order valence-electron chi connectivity index (χ3n) is 3.96. The molecular weight excluding hydrogens is 272 g/mol. The van der Waals surface area contributed by atoms with E-state index in [1.807, 2.05) is 13.8 Å². The van der Waals surface area contributed by atoms with E-state index in [9.17, 15) is 14.7 Å². The van der Waals surface area contributed by atoms with Crippen molar-refractivity contribution in [2.24, 2.45) is 5.41 Å². The maximum absolute atomic E-state index is 12.6. The number of nitrogens with zero attached hydrogens (tertiary/aromatic N) is 2. The fourth-order valence-corrected chi connectivity index (χ4v) is 2.87. The van der Waals surface area contributed by atoms with Crippen molar-refractivity contribution in [2.75, 3.05) is 13.7 Å². The second-order valence-corrected chi connectivity index (χ2v) is 5.92. The second-order valence-electron chi connectivity index (χ2n) is 5.92. The zero-order valence-corrected chi connectivity index (χ0v) is 12.5. The molecule has 1 fully saturated rings. The molecule has 0 aromatic carbocycles. The van der Waals surface area contributed by atoms with Gasteiger partial charge in [-0.25, -0.2) is 9.78 Å². The Morgan fingerprint density at radius 1 is 1.43 bits per heavy atom. The molecule has 6 nitrogen and oxygen atoms in total. The van der Waals surface area contributed by atoms with Crippen LogP contribution in [0.2, 0.25) is 0 Å². The Bertz CT molecular complexity index is 539. The molecule has 2 rings (SSSR count). The van der Waals surface area contributed by atoms with E-state index in [0.717, 1.165) is 12.8 Å². The van der Waals surface area contributed by atoms with E-state index in [1.54, 1.807) is 12.1 Å². The Morgan fingerprint density at radius 3 is 2.67 bits per heavy atom. The Morgan fingerprint density at radius 2 is 2.14 bits per heavy atom. The van der Waals surface area contributed by atoms with E-state index in [-0.39, 0.29) is 5.91 Å². The van der Waals surface area contributed by atoms with Gasteiger partial charge in [-0.1, -0.05) is 13.8 Å². The van der Waals surface area contributed by atoms with Gasteiger partial charge < -0.3 is 14.7 Å². The van der Waals surface area contributed by atoms with Crippen molar-refractivity contribution in [3.8, 4) is 5.88 Å². The van der Waals surface area contributed by atoms with Crippen molar-refractivity contribution < 1.29 is 19.4 Å². The van der Waals surface area contributed by atoms with Gasteiger partial charge in [-0.15, -0.1) is 0 Å². The Labute approximate surface area is 123 Å². The molecule has 1 amide bonds. The highest BCUT2D eigenvalue weighted by molar-refractivity contribution is 5.96. The van der Waals surface area contributed by atoms with Crippen LogP contribution in [0.15, 0.2) is 18.3 Å². The summed E-state index contributed by atoms with van der Waals surface area (Å²) in [5.41, 5.74) is -0.0700. The second kappa shape index (κ2) is 5.71. The summed E-state index contributed by atoms with van der Waals surface area (Å²) in [5, 5.41) is 9.49. The van der Waals surface area contributed by atoms with E-state index in [4.69, 9.17) is 4.74 Å². The molecule has 1 unspecified atom stereocenters. The number of amides is 1. The molecule has 2 heterocycles. The Balaban J connectivity index is 2.28. The standard InChI is InChI=1S/C15H20N2O4/c1-15(2)7-4-8-17(12(15)14(19)20)13(18)10-5-6-11(21-3)16-9-10/h5-6,9,12H,4,7-8H2,1-3H3,(H,19,20). The van der Waals surface area contributed by atoms with Gasteiger partial charge in [0, 0.05) is 18.8 Å². The number of carboxylic acids is 1. The van der Waals surface area contributed by atoms with Gasteiger partial charge >= 0.3 is 5.97 Å². The summed E-state index contributed by atoms with van der Waals surface area (Å²) in [6.45, 7) is 4.22. The van der Waals surface area contributed by atoms with Crippen molar-refractivity contribution in [2.45, 2.75) is 32.7 Å². The molecule has 0 aliphatic carbocycles. The van der Waals surface area contributed by atoms with Crippen LogP contribution >= 0.6 is 0 Å². The molecule has 0 radical (unpaired) electrons. The quantitative estimate of drug-likeness (QED) is 0.919. The average molecular weight is 292 g/mol. The number of carbonyl (C=O) groups is 2. The molecule has 1 aromatic heterocycles. The molecule has 0 spiro atoms. The highest BCUT2D eigenvalue weighted by atomic mass is 16.5. The van der Waals surface area contributed by atoms with Crippen molar-refractivity contribution in [3.63, 3.8) is 0 Å². The number of aliphatic carboxylic acids is 1. The number of methoxy groups -OCH3 is 1. The van der Waals surface area contributed by atoms with Gasteiger partial charge in [0.1, 0.15) is 6.04 Å². The van der Waals surface area contributed by atoms with Crippen LogP contribution in [0.25, 0.3) is 0 Å². The SMILES string of the molecule is COc1ccc(C(=O)N2CCCC(C)(C)C2C(=O)O)cn1. The summed E-state index contributed by atoms with van der Waals surface area (Å²) < 4.78 is 4.96. The topological polar surface area (TPSA) is 79.7 Å². The minimum absolute atomic E-state index is 0.301. The number of likely N-dealkylation sites (tertiary alicyclic amines) is 1. The van der Waals surface area contributed by atoms with Crippen LogP contribution in [0, 0.1) is 5.41 Å². The first-order valence-electron chi connectivity index (χ1n) is 6.90. The number of hydrogen-bond acceptors (Lipinski definition) is 4. The molecule has 1 aromatic rings. The summed E-state index contributed by atoms with van der Waals surface area (Å²) in [6.07, 6.45) is 3.00. The summed E-state index contributed by atoms with van der Waals surface area (Å²) in [7, 11) is 1.50. The van der Waals surface area contributed by atoms with Gasteiger partial charge in [0.25, 0.3) is 5.91 Å². The lowest BCUT2D eigenvalue weighted by Crippen LogP contribution is -2.56. The van der Waals surface area contributed by atoms with E-state index >= 15 is 0 Å². The highest BCUT2D eigenvalue weighted by Gasteiger charge is 2.44. The highest BCUT2D eigenvalue weighted by Crippen LogP contribution is 2.36. The fraction of sp³-hybridized carbons (Fsp3) is 0.533. The predicted molar refractivity (Wildman–Crippen MR) is 76.3 cm³/mol. The first kappa shape index (κ1) is 15.3. The third kappa shape index (κ3) is 2.99. The number of ether oxygens (including phenoxy) is 1. The smallest absolute Gasteiger partial charge is 0.326 e. The van der Waals surface area contributed by atoms with Gasteiger partial charge in [0.15, 0.2) is 0 Å². The molecule has 1 atom stereocenters. The van der Waals surface area contributed by atoms with Gasteiger partial charge in [-0.3, -0.25) is 4.79 Å². The number of rotatable bonds is 3. The molecule has 0 saturated carbocycles. The van der Waals surface area contributed by atoms with Crippen LogP contribution in [-0.2, 0) is 4.79 Å². The van der Waals surface area contributed by atoms with E-state index < -0.39 is 17.4 Å². The monoisotopic (exact) mass is 292 g/mol. The van der Waals surface area contributed by atoms with Crippen molar-refractivity contribution in [3.05, 3.63) is 23.9 Å². The number of pyridine rings is 1. The van der Waals surface area contributed by atoms with Crippen LogP contribution in [-0.4, -0.2) is 46.6 Å². The van der Waals surface area contributed by atoms with Gasteiger partial charge in [-0.2, -0.15) is 0 Å². The van der Waals surface area contributed by atoms with Crippen LogP contribution in [0.4, 0.5) is 0 Å². The zero-order chi connectivity index (χ0) is 15.6. The maximum atomic E-state index is 12.6. The van der Waals surface area contributed by atoms with Crippen LogP contribution in [0.3, 0.4) is 0 Å². The van der Waals surface area contributed by atoms with Gasteiger partial charge in [0.05, 0.1) is 12.7 Å². The average Bonchev–Trinajstić information content (AvgIpc) is 2.45. The van der Waals surface area contributed by atoms with E-state index in [1.165, 1.54) is 18.2 Å². The Kier molecular flexibility index (Phi) is 4.16. The molecule has 1 saturated heterocycles. The molecular formula is C15H20N2O4. The molecule has 21 heavy (non-hydrogen) atoms. The molecule has 0 bridgehead atoms. The molecule has 114 valence electrons. The number of carboxylic acid groups (broad SMARTS) is 1. The van der Waals surface area contributed by atoms with Crippen molar-refractivity contribution >= 4 is 11.9 Å². The third-order valence-corrected chi connectivity index (χ3v) is 3.96. The van der Waals surface area contributed by atoms with Crippen LogP contribution in [0.5, 0.6) is 5.88 Å². The zero-order valence-electron chi connectivity index (χ0n) is 12.5. The summed E-state index contributed by atoms with van der Waals surface area (Å²) in [4.78, 5) is 29.6. The lowest BCUT2D eigenvalue weighted by atomic mass is 9.76. The van der Waals surface area contributed by atoms with Crippen molar-refractivity contribution in [1.29, 1.82) is 0 Å². The minimum atomic E-state index is -0.963. The minimum Gasteiger partial charge on any atom is -0.481 e. The lowest BCUT2D eigenvalue weighted by Gasteiger charge is -2.43. The summed E-state index contributed by atoms with van der Waals surface area (Å²) in [5.74, 6) is -0.847.